The van der Waals surface area contributed by atoms with Crippen LogP contribution in [0.1, 0.15) is 55.7 Å². The number of likely N-dealkylation sites (tertiary alicyclic amines) is 1. The van der Waals surface area contributed by atoms with E-state index in [0.717, 1.165) is 80.7 Å². The number of carbonyl (C=O) groups is 1. The highest BCUT2D eigenvalue weighted by Gasteiger charge is 2.46. The van der Waals surface area contributed by atoms with Gasteiger partial charge >= 0.3 is 6.03 Å². The van der Waals surface area contributed by atoms with Crippen molar-refractivity contribution in [2.24, 2.45) is 0 Å². The molecule has 2 aromatic carbocycles. The second kappa shape index (κ2) is 10.9. The van der Waals surface area contributed by atoms with Gasteiger partial charge in [-0.1, -0.05) is 61.4 Å². The lowest BCUT2D eigenvalue weighted by molar-refractivity contribution is 0.00221. The number of ether oxygens (including phenoxy) is 1. The molecule has 2 saturated heterocycles. The van der Waals surface area contributed by atoms with E-state index in [0.29, 0.717) is 13.1 Å². The molecular formula is C32H38N4O3. The summed E-state index contributed by atoms with van der Waals surface area (Å²) in [7, 11) is 1.64. The number of benzene rings is 2. The van der Waals surface area contributed by atoms with Gasteiger partial charge in [-0.25, -0.2) is 4.79 Å². The molecule has 1 saturated carbocycles. The fourth-order valence-electron chi connectivity index (χ4n) is 6.99. The van der Waals surface area contributed by atoms with Gasteiger partial charge in [-0.05, 0) is 49.4 Å². The molecular weight excluding hydrogens is 488 g/mol. The van der Waals surface area contributed by atoms with Crippen LogP contribution in [0.4, 0.5) is 4.79 Å². The van der Waals surface area contributed by atoms with Gasteiger partial charge in [-0.2, -0.15) is 0 Å². The monoisotopic (exact) mass is 526 g/mol. The molecule has 6 rings (SSSR count). The number of amides is 2. The third-order valence-corrected chi connectivity index (χ3v) is 9.03. The summed E-state index contributed by atoms with van der Waals surface area (Å²) in [5.41, 5.74) is 3.50. The average Bonchev–Trinajstić information content (AvgIpc) is 3.66. The Morgan fingerprint density at radius 3 is 2.49 bits per heavy atom. The van der Waals surface area contributed by atoms with Gasteiger partial charge < -0.3 is 19.5 Å². The summed E-state index contributed by atoms with van der Waals surface area (Å²) in [5, 5.41) is 0. The van der Waals surface area contributed by atoms with Crippen LogP contribution in [-0.4, -0.2) is 64.5 Å². The second-order valence-corrected chi connectivity index (χ2v) is 11.2. The molecule has 0 radical (unpaired) electrons. The van der Waals surface area contributed by atoms with E-state index in [9.17, 15) is 9.59 Å². The summed E-state index contributed by atoms with van der Waals surface area (Å²) in [6.07, 6.45) is 6.53. The van der Waals surface area contributed by atoms with Crippen molar-refractivity contribution in [3.05, 3.63) is 88.2 Å². The molecule has 0 unspecified atom stereocenters. The largest absolute Gasteiger partial charge is 0.496 e. The van der Waals surface area contributed by atoms with E-state index in [-0.39, 0.29) is 23.2 Å². The molecule has 1 aromatic heterocycles. The highest BCUT2D eigenvalue weighted by molar-refractivity contribution is 5.76. The van der Waals surface area contributed by atoms with E-state index in [2.05, 4.69) is 43.9 Å². The van der Waals surface area contributed by atoms with Crippen LogP contribution < -0.4 is 10.3 Å². The van der Waals surface area contributed by atoms with Gasteiger partial charge in [0, 0.05) is 49.4 Å². The zero-order valence-electron chi connectivity index (χ0n) is 22.8. The molecule has 7 heteroatoms. The quantitative estimate of drug-likeness (QED) is 0.481. The Bertz CT molecular complexity index is 1370. The number of pyridine rings is 1. The molecule has 1 spiro atoms. The minimum atomic E-state index is -0.0658. The van der Waals surface area contributed by atoms with Crippen LogP contribution in [0, 0.1) is 0 Å². The van der Waals surface area contributed by atoms with Crippen LogP contribution in [0.25, 0.3) is 11.3 Å². The first-order valence-corrected chi connectivity index (χ1v) is 14.3. The maximum atomic E-state index is 13.8. The number of nitrogens with one attached hydrogen (secondary N) is 1. The highest BCUT2D eigenvalue weighted by atomic mass is 16.5. The SMILES string of the molecule is COc1ccccc1-c1ccc(CN2CCN(C(=O)N3CCC[C@H]3c3ccccc3)CC23CCCC3)c(=O)[nH]1. The first-order valence-electron chi connectivity index (χ1n) is 14.3. The molecule has 1 aliphatic carbocycles. The van der Waals surface area contributed by atoms with Gasteiger partial charge in [0.2, 0.25) is 0 Å². The van der Waals surface area contributed by atoms with Crippen molar-refractivity contribution in [2.75, 3.05) is 33.3 Å². The maximum absolute atomic E-state index is 13.8. The summed E-state index contributed by atoms with van der Waals surface area (Å²) in [5.74, 6) is 0.735. The van der Waals surface area contributed by atoms with Gasteiger partial charge in [0.25, 0.3) is 5.56 Å². The Balaban J connectivity index is 1.19. The van der Waals surface area contributed by atoms with Gasteiger partial charge in [-0.15, -0.1) is 0 Å². The van der Waals surface area contributed by atoms with E-state index >= 15 is 0 Å². The van der Waals surface area contributed by atoms with Crippen molar-refractivity contribution in [1.82, 2.24) is 19.7 Å². The third kappa shape index (κ3) is 4.96. The third-order valence-electron chi connectivity index (χ3n) is 9.03. The number of aromatic nitrogens is 1. The molecule has 7 nitrogen and oxygen atoms in total. The molecule has 2 amide bonds. The van der Waals surface area contributed by atoms with E-state index in [1.807, 2.05) is 42.5 Å². The number of para-hydroxylation sites is 1. The number of methoxy groups -OCH3 is 1. The van der Waals surface area contributed by atoms with Crippen molar-refractivity contribution in [1.29, 1.82) is 0 Å². The Hall–Kier alpha value is -3.58. The van der Waals surface area contributed by atoms with Crippen molar-refractivity contribution < 1.29 is 9.53 Å². The number of hydrogen-bond acceptors (Lipinski definition) is 4. The Morgan fingerprint density at radius 1 is 0.949 bits per heavy atom. The summed E-state index contributed by atoms with van der Waals surface area (Å²) >= 11 is 0. The summed E-state index contributed by atoms with van der Waals surface area (Å²) in [6.45, 7) is 3.62. The predicted molar refractivity (Wildman–Crippen MR) is 153 cm³/mol. The van der Waals surface area contributed by atoms with Crippen molar-refractivity contribution >= 4 is 6.03 Å². The van der Waals surface area contributed by atoms with Crippen molar-refractivity contribution in [3.8, 4) is 17.0 Å². The normalized spacial score (nSPS) is 21.0. The fraction of sp³-hybridized carbons (Fsp3) is 0.438. The van der Waals surface area contributed by atoms with E-state index in [4.69, 9.17) is 4.74 Å². The molecule has 2 aliphatic heterocycles. The van der Waals surface area contributed by atoms with Gasteiger partial charge in [0.15, 0.2) is 0 Å². The number of H-pyrrole nitrogens is 1. The number of nitrogens with zero attached hydrogens (tertiary/aromatic N) is 3. The zero-order valence-corrected chi connectivity index (χ0v) is 22.8. The van der Waals surface area contributed by atoms with Crippen molar-refractivity contribution in [3.63, 3.8) is 0 Å². The molecule has 3 fully saturated rings. The molecule has 0 bridgehead atoms. The van der Waals surface area contributed by atoms with Crippen LogP contribution in [0.2, 0.25) is 0 Å². The summed E-state index contributed by atoms with van der Waals surface area (Å²) in [4.78, 5) is 36.8. The van der Waals surface area contributed by atoms with Gasteiger partial charge in [0.05, 0.1) is 18.8 Å². The molecule has 1 N–H and O–H groups in total. The lowest BCUT2D eigenvalue weighted by atomic mass is 9.91. The van der Waals surface area contributed by atoms with E-state index in [1.54, 1.807) is 7.11 Å². The Morgan fingerprint density at radius 2 is 1.72 bits per heavy atom. The summed E-state index contributed by atoms with van der Waals surface area (Å²) in [6, 6.07) is 22.4. The van der Waals surface area contributed by atoms with Crippen LogP contribution in [0.3, 0.4) is 0 Å². The number of rotatable bonds is 5. The molecule has 1 atom stereocenters. The standard InChI is InChI=1S/C32H38N4O3/c1-39-29-14-6-5-12-26(29)27-16-15-25(30(37)33-27)22-35-21-20-34(23-32(35)17-7-8-18-32)31(38)36-19-9-13-28(36)24-10-3-2-4-11-24/h2-6,10-12,14-16,28H,7-9,13,17-23H2,1H3,(H,33,37)/t28-/m0/s1. The summed E-state index contributed by atoms with van der Waals surface area (Å²) < 4.78 is 5.49. The predicted octanol–water partition coefficient (Wildman–Crippen LogP) is 5.44. The zero-order chi connectivity index (χ0) is 26.8. The number of carbonyl (C=O) groups excluding carboxylic acids is 1. The fourth-order valence-corrected chi connectivity index (χ4v) is 6.99. The number of piperazine rings is 1. The molecule has 39 heavy (non-hydrogen) atoms. The maximum Gasteiger partial charge on any atom is 0.320 e. The average molecular weight is 527 g/mol. The minimum absolute atomic E-state index is 0.0622. The van der Waals surface area contributed by atoms with Crippen LogP contribution >= 0.6 is 0 Å². The van der Waals surface area contributed by atoms with Crippen LogP contribution in [0.15, 0.2) is 71.5 Å². The number of hydrogen-bond donors (Lipinski definition) is 1. The smallest absolute Gasteiger partial charge is 0.320 e. The number of urea groups is 1. The molecule has 3 aromatic rings. The van der Waals surface area contributed by atoms with Gasteiger partial charge in [0.1, 0.15) is 5.75 Å². The molecule has 3 aliphatic rings. The highest BCUT2D eigenvalue weighted by Crippen LogP contribution is 2.40. The Labute approximate surface area is 230 Å². The second-order valence-electron chi connectivity index (χ2n) is 11.2. The van der Waals surface area contributed by atoms with Crippen LogP contribution in [0.5, 0.6) is 5.75 Å². The van der Waals surface area contributed by atoms with E-state index in [1.165, 1.54) is 5.56 Å². The lowest BCUT2D eigenvalue weighted by Crippen LogP contribution is -2.63. The minimum Gasteiger partial charge on any atom is -0.496 e. The first kappa shape index (κ1) is 25.7. The topological polar surface area (TPSA) is 68.9 Å². The lowest BCUT2D eigenvalue weighted by Gasteiger charge is -2.50. The number of aromatic amines is 1. The molecule has 3 heterocycles. The van der Waals surface area contributed by atoms with E-state index < -0.39 is 0 Å². The molecule has 204 valence electrons. The Kier molecular flexibility index (Phi) is 7.17. The van der Waals surface area contributed by atoms with Crippen molar-refractivity contribution in [2.45, 2.75) is 56.7 Å². The van der Waals surface area contributed by atoms with Gasteiger partial charge in [-0.3, -0.25) is 9.69 Å². The van der Waals surface area contributed by atoms with Crippen LogP contribution in [-0.2, 0) is 6.54 Å². The first-order chi connectivity index (χ1) is 19.1.